The van der Waals surface area contributed by atoms with Crippen molar-refractivity contribution in [2.45, 2.75) is 17.9 Å². The Hall–Kier alpha value is -2.23. The number of benzene rings is 1. The first-order valence-corrected chi connectivity index (χ1v) is 10.1. The van der Waals surface area contributed by atoms with E-state index >= 15 is 0 Å². The van der Waals surface area contributed by atoms with Gasteiger partial charge < -0.3 is 10.0 Å². The van der Waals surface area contributed by atoms with Gasteiger partial charge in [-0.25, -0.2) is 17.5 Å². The van der Waals surface area contributed by atoms with Crippen molar-refractivity contribution in [1.82, 2.24) is 9.21 Å². The highest BCUT2D eigenvalue weighted by molar-refractivity contribution is 7.89. The Kier molecular flexibility index (Phi) is 4.87. The number of fused-ring (bicyclic) bond motifs is 1. The maximum atomic E-state index is 12.7. The average molecular weight is 394 g/mol. The van der Waals surface area contributed by atoms with Crippen molar-refractivity contribution in [2.75, 3.05) is 20.6 Å². The first-order chi connectivity index (χ1) is 12.2. The number of carbonyl (C=O) groups is 2. The smallest absolute Gasteiger partial charge is 0.345 e. The molecule has 0 aliphatic carbocycles. The third kappa shape index (κ3) is 3.25. The second-order valence-corrected chi connectivity index (χ2v) is 9.33. The van der Waals surface area contributed by atoms with E-state index in [1.165, 1.54) is 30.5 Å². The van der Waals surface area contributed by atoms with Crippen LogP contribution in [0.1, 0.15) is 30.5 Å². The number of sulfonamides is 1. The van der Waals surface area contributed by atoms with E-state index in [-0.39, 0.29) is 15.7 Å². The number of aromatic carboxylic acids is 1. The molecule has 3 rings (SSSR count). The molecule has 0 fully saturated rings. The van der Waals surface area contributed by atoms with Crippen LogP contribution in [0, 0.1) is 0 Å². The van der Waals surface area contributed by atoms with Crippen LogP contribution in [0.15, 0.2) is 35.2 Å². The molecule has 138 valence electrons. The van der Waals surface area contributed by atoms with E-state index < -0.39 is 16.0 Å². The third-order valence-corrected chi connectivity index (χ3v) is 7.26. The van der Waals surface area contributed by atoms with E-state index in [0.29, 0.717) is 24.4 Å². The molecule has 1 amide bonds. The summed E-state index contributed by atoms with van der Waals surface area (Å²) < 4.78 is 26.2. The fourth-order valence-electron chi connectivity index (χ4n) is 2.91. The fourth-order valence-corrected chi connectivity index (χ4v) is 4.91. The number of amides is 1. The molecule has 0 saturated carbocycles. The first kappa shape index (κ1) is 18.6. The molecule has 0 spiro atoms. The molecule has 7 nitrogen and oxygen atoms in total. The van der Waals surface area contributed by atoms with Crippen molar-refractivity contribution in [3.05, 3.63) is 51.2 Å². The number of hydrogen-bond acceptors (Lipinski definition) is 5. The van der Waals surface area contributed by atoms with Crippen molar-refractivity contribution >= 4 is 33.2 Å². The minimum atomic E-state index is -3.55. The number of carboxylic acid groups (broad SMARTS) is 1. The average Bonchev–Trinajstić information content (AvgIpc) is 3.10. The summed E-state index contributed by atoms with van der Waals surface area (Å²) in [5.41, 5.74) is 1.53. The van der Waals surface area contributed by atoms with Crippen LogP contribution in [0.4, 0.5) is 0 Å². The molecule has 9 heteroatoms. The molecule has 0 saturated heterocycles. The lowest BCUT2D eigenvalue weighted by molar-refractivity contribution is 0.0701. The SMILES string of the molecule is CN(C)S(=O)(=O)c1cccc2c1CCN(C(=O)c1ccc(C(=O)O)s1)C2. The van der Waals surface area contributed by atoms with Crippen molar-refractivity contribution in [3.8, 4) is 0 Å². The van der Waals surface area contributed by atoms with Crippen LogP contribution in [-0.2, 0) is 23.0 Å². The van der Waals surface area contributed by atoms with E-state index in [9.17, 15) is 18.0 Å². The lowest BCUT2D eigenvalue weighted by Crippen LogP contribution is -2.36. The van der Waals surface area contributed by atoms with Gasteiger partial charge in [0.05, 0.1) is 9.77 Å². The molecule has 0 radical (unpaired) electrons. The minimum absolute atomic E-state index is 0.116. The lowest BCUT2D eigenvalue weighted by atomic mass is 9.99. The number of hydrogen-bond donors (Lipinski definition) is 1. The van der Waals surface area contributed by atoms with Gasteiger partial charge in [-0.15, -0.1) is 11.3 Å². The van der Waals surface area contributed by atoms with Gasteiger partial charge in [-0.3, -0.25) is 4.79 Å². The fraction of sp³-hybridized carbons (Fsp3) is 0.294. The summed E-state index contributed by atoms with van der Waals surface area (Å²) in [5, 5.41) is 9.00. The number of rotatable bonds is 4. The quantitative estimate of drug-likeness (QED) is 0.855. The molecule has 1 aliphatic heterocycles. The summed E-state index contributed by atoms with van der Waals surface area (Å²) in [6.45, 7) is 0.678. The summed E-state index contributed by atoms with van der Waals surface area (Å²) in [6.07, 6.45) is 0.432. The molecule has 0 atom stereocenters. The molecule has 2 aromatic rings. The van der Waals surface area contributed by atoms with Crippen LogP contribution >= 0.6 is 11.3 Å². The summed E-state index contributed by atoms with van der Waals surface area (Å²) in [5.74, 6) is -1.30. The second-order valence-electron chi connectivity index (χ2n) is 6.13. The van der Waals surface area contributed by atoms with Crippen LogP contribution in [-0.4, -0.2) is 55.2 Å². The molecular weight excluding hydrogens is 376 g/mol. The van der Waals surface area contributed by atoms with Gasteiger partial charge in [-0.2, -0.15) is 0 Å². The Bertz CT molecular complexity index is 979. The third-order valence-electron chi connectivity index (χ3n) is 4.30. The Labute approximate surface area is 155 Å². The van der Waals surface area contributed by atoms with E-state index in [2.05, 4.69) is 0 Å². The van der Waals surface area contributed by atoms with Crippen LogP contribution in [0.25, 0.3) is 0 Å². The Morgan fingerprint density at radius 1 is 1.15 bits per heavy atom. The molecule has 1 aromatic carbocycles. The van der Waals surface area contributed by atoms with Crippen molar-refractivity contribution < 1.29 is 23.1 Å². The summed E-state index contributed by atoms with van der Waals surface area (Å²) in [4.78, 5) is 26.0. The Balaban J connectivity index is 1.88. The molecular formula is C17H18N2O5S2. The van der Waals surface area contributed by atoms with Gasteiger partial charge in [0.15, 0.2) is 0 Å². The number of carboxylic acids is 1. The van der Waals surface area contributed by atoms with E-state index in [1.54, 1.807) is 17.0 Å². The highest BCUT2D eigenvalue weighted by Crippen LogP contribution is 2.29. The van der Waals surface area contributed by atoms with Gasteiger partial charge in [-0.05, 0) is 35.7 Å². The predicted octanol–water partition coefficient (Wildman–Crippen LogP) is 1.90. The largest absolute Gasteiger partial charge is 0.477 e. The maximum absolute atomic E-state index is 12.7. The molecule has 0 bridgehead atoms. The second kappa shape index (κ2) is 6.82. The molecule has 26 heavy (non-hydrogen) atoms. The van der Waals surface area contributed by atoms with Crippen LogP contribution in [0.5, 0.6) is 0 Å². The van der Waals surface area contributed by atoms with Crippen molar-refractivity contribution in [2.24, 2.45) is 0 Å². The van der Waals surface area contributed by atoms with Crippen molar-refractivity contribution in [3.63, 3.8) is 0 Å². The molecule has 2 heterocycles. The minimum Gasteiger partial charge on any atom is -0.477 e. The number of nitrogens with zero attached hydrogens (tertiary/aromatic N) is 2. The monoisotopic (exact) mass is 394 g/mol. The lowest BCUT2D eigenvalue weighted by Gasteiger charge is -2.30. The summed E-state index contributed by atoms with van der Waals surface area (Å²) >= 11 is 0.942. The van der Waals surface area contributed by atoms with Crippen LogP contribution in [0.3, 0.4) is 0 Å². The number of thiophene rings is 1. The van der Waals surface area contributed by atoms with E-state index in [0.717, 1.165) is 22.5 Å². The molecule has 1 aromatic heterocycles. The van der Waals surface area contributed by atoms with E-state index in [4.69, 9.17) is 5.11 Å². The normalized spacial score (nSPS) is 14.3. The van der Waals surface area contributed by atoms with Gasteiger partial charge in [0.1, 0.15) is 4.88 Å². The summed E-state index contributed by atoms with van der Waals surface area (Å²) in [6, 6.07) is 8.01. The Morgan fingerprint density at radius 3 is 2.46 bits per heavy atom. The summed E-state index contributed by atoms with van der Waals surface area (Å²) in [7, 11) is -0.567. The van der Waals surface area contributed by atoms with Gasteiger partial charge >= 0.3 is 5.97 Å². The highest BCUT2D eigenvalue weighted by Gasteiger charge is 2.29. The topological polar surface area (TPSA) is 95.0 Å². The first-order valence-electron chi connectivity index (χ1n) is 7.87. The predicted molar refractivity (Wildman–Crippen MR) is 97.0 cm³/mol. The van der Waals surface area contributed by atoms with Crippen LogP contribution < -0.4 is 0 Å². The van der Waals surface area contributed by atoms with Crippen LogP contribution in [0.2, 0.25) is 0 Å². The van der Waals surface area contributed by atoms with Gasteiger partial charge in [0.25, 0.3) is 5.91 Å². The Morgan fingerprint density at radius 2 is 1.85 bits per heavy atom. The zero-order valence-corrected chi connectivity index (χ0v) is 15.9. The standard InChI is InChI=1S/C17H18N2O5S2/c1-18(2)26(23,24)15-5-3-4-11-10-19(9-8-12(11)15)16(20)13-6-7-14(25-13)17(21)22/h3-7H,8-10H2,1-2H3,(H,21,22). The van der Waals surface area contributed by atoms with Gasteiger partial charge in [-0.1, -0.05) is 12.1 Å². The molecule has 1 aliphatic rings. The van der Waals surface area contributed by atoms with Gasteiger partial charge in [0.2, 0.25) is 10.0 Å². The van der Waals surface area contributed by atoms with Crippen molar-refractivity contribution in [1.29, 1.82) is 0 Å². The molecule has 0 unspecified atom stereocenters. The zero-order valence-electron chi connectivity index (χ0n) is 14.3. The highest BCUT2D eigenvalue weighted by atomic mass is 32.2. The zero-order chi connectivity index (χ0) is 19.1. The number of carbonyl (C=O) groups excluding carboxylic acids is 1. The molecule has 1 N–H and O–H groups in total. The van der Waals surface area contributed by atoms with E-state index in [1.807, 2.05) is 6.07 Å². The van der Waals surface area contributed by atoms with Gasteiger partial charge in [0, 0.05) is 27.2 Å². The maximum Gasteiger partial charge on any atom is 0.345 e.